The standard InChI is InChI=1S/C19H20N2O5/c1-11(22)14-5-7-15(8-6-14)20-18(23)12(2)26-19(24)16-10-25-17(21-16)9-13-3-4-13/h5-8,10,12-13H,3-4,9H2,1-2H3,(H,20,23)/t12-/m1/s1. The number of amides is 1. The summed E-state index contributed by atoms with van der Waals surface area (Å²) < 4.78 is 10.4. The van der Waals surface area contributed by atoms with Gasteiger partial charge < -0.3 is 14.5 Å². The van der Waals surface area contributed by atoms with E-state index in [2.05, 4.69) is 10.3 Å². The number of ether oxygens (including phenoxy) is 1. The van der Waals surface area contributed by atoms with E-state index in [-0.39, 0.29) is 11.5 Å². The lowest BCUT2D eigenvalue weighted by molar-refractivity contribution is -0.123. The van der Waals surface area contributed by atoms with E-state index in [0.29, 0.717) is 23.1 Å². The van der Waals surface area contributed by atoms with Gasteiger partial charge in [0.15, 0.2) is 23.5 Å². The lowest BCUT2D eigenvalue weighted by Gasteiger charge is -2.12. The van der Waals surface area contributed by atoms with Crippen LogP contribution in [-0.2, 0) is 16.0 Å². The van der Waals surface area contributed by atoms with E-state index in [1.54, 1.807) is 24.3 Å². The molecule has 2 aromatic rings. The molecule has 1 N–H and O–H groups in total. The summed E-state index contributed by atoms with van der Waals surface area (Å²) in [6.07, 6.45) is 3.29. The maximum absolute atomic E-state index is 12.2. The van der Waals surface area contributed by atoms with Gasteiger partial charge in [-0.3, -0.25) is 9.59 Å². The molecule has 136 valence electrons. The van der Waals surface area contributed by atoms with E-state index in [9.17, 15) is 14.4 Å². The first-order valence-corrected chi connectivity index (χ1v) is 8.49. The van der Waals surface area contributed by atoms with Gasteiger partial charge in [-0.2, -0.15) is 0 Å². The fourth-order valence-electron chi connectivity index (χ4n) is 2.37. The van der Waals surface area contributed by atoms with Crippen LogP contribution in [0.25, 0.3) is 0 Å². The topological polar surface area (TPSA) is 98.5 Å². The van der Waals surface area contributed by atoms with Crippen molar-refractivity contribution in [1.29, 1.82) is 0 Å². The monoisotopic (exact) mass is 356 g/mol. The molecule has 0 bridgehead atoms. The molecular formula is C19H20N2O5. The molecular weight excluding hydrogens is 336 g/mol. The highest BCUT2D eigenvalue weighted by molar-refractivity contribution is 5.98. The number of rotatable bonds is 7. The SMILES string of the molecule is CC(=O)c1ccc(NC(=O)[C@@H](C)OC(=O)c2coc(CC3CC3)n2)cc1. The zero-order chi connectivity index (χ0) is 18.7. The molecule has 1 atom stereocenters. The molecule has 1 fully saturated rings. The maximum Gasteiger partial charge on any atom is 0.361 e. The second-order valence-corrected chi connectivity index (χ2v) is 6.44. The van der Waals surface area contributed by atoms with Crippen molar-refractivity contribution >= 4 is 23.3 Å². The van der Waals surface area contributed by atoms with Crippen molar-refractivity contribution < 1.29 is 23.5 Å². The summed E-state index contributed by atoms with van der Waals surface area (Å²) in [5.74, 6) is -0.126. The number of Topliss-reactive ketones (excluding diaryl/α,β-unsaturated/α-hetero) is 1. The Hall–Kier alpha value is -2.96. The normalized spacial score (nSPS) is 14.5. The first-order chi connectivity index (χ1) is 12.4. The molecule has 1 saturated carbocycles. The Morgan fingerprint density at radius 2 is 1.96 bits per heavy atom. The van der Waals surface area contributed by atoms with Gasteiger partial charge in [-0.1, -0.05) is 0 Å². The van der Waals surface area contributed by atoms with Crippen LogP contribution < -0.4 is 5.32 Å². The molecule has 3 rings (SSSR count). The van der Waals surface area contributed by atoms with Crippen molar-refractivity contribution in [2.45, 2.75) is 39.2 Å². The lowest BCUT2D eigenvalue weighted by Crippen LogP contribution is -2.30. The molecule has 1 amide bonds. The van der Waals surface area contributed by atoms with Gasteiger partial charge in [-0.15, -0.1) is 0 Å². The first kappa shape index (κ1) is 17.8. The molecule has 26 heavy (non-hydrogen) atoms. The molecule has 1 aromatic heterocycles. The average molecular weight is 356 g/mol. The third kappa shape index (κ3) is 4.56. The first-order valence-electron chi connectivity index (χ1n) is 8.49. The van der Waals surface area contributed by atoms with E-state index >= 15 is 0 Å². The molecule has 1 heterocycles. The molecule has 0 radical (unpaired) electrons. The molecule has 0 aliphatic heterocycles. The fourth-order valence-corrected chi connectivity index (χ4v) is 2.37. The van der Waals surface area contributed by atoms with Gasteiger partial charge in [-0.05, 0) is 56.9 Å². The van der Waals surface area contributed by atoms with Crippen LogP contribution in [0.5, 0.6) is 0 Å². The van der Waals surface area contributed by atoms with Gasteiger partial charge in [0, 0.05) is 17.7 Å². The van der Waals surface area contributed by atoms with Crippen LogP contribution in [0.1, 0.15) is 53.4 Å². The van der Waals surface area contributed by atoms with Crippen molar-refractivity contribution in [3.63, 3.8) is 0 Å². The van der Waals surface area contributed by atoms with Crippen LogP contribution in [-0.4, -0.2) is 28.7 Å². The number of oxazole rings is 1. The third-order valence-electron chi connectivity index (χ3n) is 4.13. The Morgan fingerprint density at radius 3 is 2.58 bits per heavy atom. The number of carbonyl (C=O) groups excluding carboxylic acids is 3. The minimum atomic E-state index is -1.00. The van der Waals surface area contributed by atoms with Gasteiger partial charge in [-0.25, -0.2) is 9.78 Å². The van der Waals surface area contributed by atoms with Gasteiger partial charge in [0.25, 0.3) is 5.91 Å². The average Bonchev–Trinajstić information content (AvgIpc) is 3.29. The van der Waals surface area contributed by atoms with Crippen LogP contribution in [0.2, 0.25) is 0 Å². The van der Waals surface area contributed by atoms with Crippen LogP contribution in [0.3, 0.4) is 0 Å². The van der Waals surface area contributed by atoms with Gasteiger partial charge in [0.1, 0.15) is 6.26 Å². The molecule has 7 heteroatoms. The van der Waals surface area contributed by atoms with Gasteiger partial charge in [0.2, 0.25) is 0 Å². The predicted octanol–water partition coefficient (Wildman–Crippen LogP) is 3.01. The highest BCUT2D eigenvalue weighted by Crippen LogP contribution is 2.32. The summed E-state index contributed by atoms with van der Waals surface area (Å²) in [5, 5.41) is 2.63. The Balaban J connectivity index is 1.53. The zero-order valence-electron chi connectivity index (χ0n) is 14.7. The van der Waals surface area contributed by atoms with Gasteiger partial charge >= 0.3 is 5.97 Å². The molecule has 1 aliphatic carbocycles. The number of nitrogens with zero attached hydrogens (tertiary/aromatic N) is 1. The predicted molar refractivity (Wildman–Crippen MR) is 92.9 cm³/mol. The fraction of sp³-hybridized carbons (Fsp3) is 0.368. The number of hydrogen-bond donors (Lipinski definition) is 1. The van der Waals surface area contributed by atoms with Crippen LogP contribution in [0.15, 0.2) is 34.9 Å². The number of anilines is 1. The molecule has 7 nitrogen and oxygen atoms in total. The maximum atomic E-state index is 12.2. The molecule has 1 aliphatic rings. The Bertz CT molecular complexity index is 821. The molecule has 1 aromatic carbocycles. The third-order valence-corrected chi connectivity index (χ3v) is 4.13. The zero-order valence-corrected chi connectivity index (χ0v) is 14.7. The highest BCUT2D eigenvalue weighted by Gasteiger charge is 2.26. The summed E-state index contributed by atoms with van der Waals surface area (Å²) >= 11 is 0. The van der Waals surface area contributed by atoms with Crippen molar-refractivity contribution in [3.05, 3.63) is 47.7 Å². The molecule has 0 saturated heterocycles. The quantitative estimate of drug-likeness (QED) is 0.605. The molecule has 0 spiro atoms. The van der Waals surface area contributed by atoms with E-state index in [0.717, 1.165) is 19.3 Å². The summed E-state index contributed by atoms with van der Waals surface area (Å²) in [4.78, 5) is 39.6. The van der Waals surface area contributed by atoms with Crippen molar-refractivity contribution in [3.8, 4) is 0 Å². The number of benzene rings is 1. The van der Waals surface area contributed by atoms with Crippen LogP contribution >= 0.6 is 0 Å². The van der Waals surface area contributed by atoms with E-state index in [4.69, 9.17) is 9.15 Å². The number of esters is 1. The Labute approximate surface area is 150 Å². The summed E-state index contributed by atoms with van der Waals surface area (Å²) in [6.45, 7) is 2.94. The molecule has 0 unspecified atom stereocenters. The number of hydrogen-bond acceptors (Lipinski definition) is 6. The van der Waals surface area contributed by atoms with E-state index in [1.807, 2.05) is 0 Å². The smallest absolute Gasteiger partial charge is 0.361 e. The minimum Gasteiger partial charge on any atom is -0.448 e. The number of ketones is 1. The highest BCUT2D eigenvalue weighted by atomic mass is 16.5. The summed E-state index contributed by atoms with van der Waals surface area (Å²) in [6, 6.07) is 6.47. The van der Waals surface area contributed by atoms with Crippen LogP contribution in [0.4, 0.5) is 5.69 Å². The van der Waals surface area contributed by atoms with Crippen molar-refractivity contribution in [1.82, 2.24) is 4.98 Å². The van der Waals surface area contributed by atoms with E-state index < -0.39 is 18.0 Å². The number of carbonyl (C=O) groups is 3. The lowest BCUT2D eigenvalue weighted by atomic mass is 10.1. The largest absolute Gasteiger partial charge is 0.448 e. The second kappa shape index (κ2) is 7.51. The Morgan fingerprint density at radius 1 is 1.27 bits per heavy atom. The van der Waals surface area contributed by atoms with Crippen molar-refractivity contribution in [2.24, 2.45) is 5.92 Å². The summed E-state index contributed by atoms with van der Waals surface area (Å²) in [7, 11) is 0. The Kier molecular flexibility index (Phi) is 5.16. The van der Waals surface area contributed by atoms with Crippen LogP contribution in [0, 0.1) is 5.92 Å². The van der Waals surface area contributed by atoms with Gasteiger partial charge in [0.05, 0.1) is 0 Å². The number of aromatic nitrogens is 1. The second-order valence-electron chi connectivity index (χ2n) is 6.44. The van der Waals surface area contributed by atoms with Crippen molar-refractivity contribution in [2.75, 3.05) is 5.32 Å². The minimum absolute atomic E-state index is 0.0566. The number of nitrogens with one attached hydrogen (secondary N) is 1. The van der Waals surface area contributed by atoms with E-state index in [1.165, 1.54) is 20.1 Å². The summed E-state index contributed by atoms with van der Waals surface area (Å²) in [5.41, 5.74) is 1.12.